The van der Waals surface area contributed by atoms with Crippen molar-refractivity contribution in [1.29, 1.82) is 0 Å². The summed E-state index contributed by atoms with van der Waals surface area (Å²) in [5.74, 6) is 0. The Morgan fingerprint density at radius 2 is 1.82 bits per heavy atom. The lowest BCUT2D eigenvalue weighted by molar-refractivity contribution is -0.384. The van der Waals surface area contributed by atoms with Gasteiger partial charge in [-0.2, -0.15) is 0 Å². The maximum atomic E-state index is 10.5. The molecule has 0 saturated heterocycles. The normalized spacial score (nSPS) is 13.4. The van der Waals surface area contributed by atoms with Crippen molar-refractivity contribution >= 4 is 5.69 Å². The van der Waals surface area contributed by atoms with Crippen LogP contribution in [0, 0.1) is 15.5 Å². The number of hydrogen-bond donors (Lipinski definition) is 1. The minimum absolute atomic E-state index is 0.136. The molecule has 0 spiro atoms. The predicted octanol–water partition coefficient (Wildman–Crippen LogP) is 3.29. The van der Waals surface area contributed by atoms with Crippen LogP contribution in [0.15, 0.2) is 24.3 Å². The Labute approximate surface area is 102 Å². The molecule has 4 nitrogen and oxygen atoms in total. The van der Waals surface area contributed by atoms with E-state index in [0.717, 1.165) is 12.1 Å². The van der Waals surface area contributed by atoms with Gasteiger partial charge in [0.15, 0.2) is 0 Å². The average molecular weight is 236 g/mol. The quantitative estimate of drug-likeness (QED) is 0.644. The van der Waals surface area contributed by atoms with Crippen molar-refractivity contribution in [2.75, 3.05) is 6.54 Å². The van der Waals surface area contributed by atoms with Crippen molar-refractivity contribution in [1.82, 2.24) is 5.32 Å². The molecular weight excluding hydrogens is 216 g/mol. The summed E-state index contributed by atoms with van der Waals surface area (Å²) in [6.45, 7) is 9.48. The second-order valence-corrected chi connectivity index (χ2v) is 5.51. The first-order valence-electron chi connectivity index (χ1n) is 5.77. The fourth-order valence-corrected chi connectivity index (χ4v) is 1.46. The first kappa shape index (κ1) is 13.6. The monoisotopic (exact) mass is 236 g/mol. The summed E-state index contributed by atoms with van der Waals surface area (Å²) in [4.78, 5) is 10.2. The van der Waals surface area contributed by atoms with Gasteiger partial charge in [0.05, 0.1) is 4.92 Å². The lowest BCUT2D eigenvalue weighted by Gasteiger charge is -2.22. The minimum atomic E-state index is -0.378. The summed E-state index contributed by atoms with van der Waals surface area (Å²) in [6.07, 6.45) is 0. The number of hydrogen-bond acceptors (Lipinski definition) is 3. The molecule has 1 aromatic rings. The van der Waals surface area contributed by atoms with Crippen LogP contribution in [0.1, 0.15) is 39.3 Å². The summed E-state index contributed by atoms with van der Waals surface area (Å²) < 4.78 is 0. The molecule has 0 aliphatic heterocycles. The number of nitro groups is 1. The SMILES string of the molecule is C[C@@H](NCC(C)(C)C)c1ccc([N+](=O)[O-])cc1. The second-order valence-electron chi connectivity index (χ2n) is 5.51. The van der Waals surface area contributed by atoms with E-state index in [4.69, 9.17) is 0 Å². The predicted molar refractivity (Wildman–Crippen MR) is 69.0 cm³/mol. The fourth-order valence-electron chi connectivity index (χ4n) is 1.46. The number of non-ortho nitro benzene ring substituents is 1. The van der Waals surface area contributed by atoms with Gasteiger partial charge in [0.25, 0.3) is 5.69 Å². The van der Waals surface area contributed by atoms with Crippen LogP contribution < -0.4 is 5.32 Å². The van der Waals surface area contributed by atoms with Gasteiger partial charge in [-0.15, -0.1) is 0 Å². The van der Waals surface area contributed by atoms with Crippen LogP contribution in [0.25, 0.3) is 0 Å². The Bertz CT molecular complexity index is 379. The van der Waals surface area contributed by atoms with E-state index in [-0.39, 0.29) is 22.1 Å². The van der Waals surface area contributed by atoms with Crippen molar-refractivity contribution in [2.45, 2.75) is 33.7 Å². The first-order chi connectivity index (χ1) is 7.79. The Kier molecular flexibility index (Phi) is 4.23. The molecule has 1 N–H and O–H groups in total. The molecule has 0 fully saturated rings. The van der Waals surface area contributed by atoms with E-state index >= 15 is 0 Å². The third-order valence-electron chi connectivity index (χ3n) is 2.54. The molecule has 0 aliphatic rings. The molecule has 0 heterocycles. The standard InChI is InChI=1S/C13H20N2O2/c1-10(14-9-13(2,3)4)11-5-7-12(8-6-11)15(16)17/h5-8,10,14H,9H2,1-4H3/t10-/m1/s1. The van der Waals surface area contributed by atoms with Crippen LogP contribution in [-0.4, -0.2) is 11.5 Å². The van der Waals surface area contributed by atoms with Gasteiger partial charge in [-0.1, -0.05) is 32.9 Å². The molecule has 94 valence electrons. The molecule has 0 aliphatic carbocycles. The lowest BCUT2D eigenvalue weighted by Crippen LogP contribution is -2.29. The first-order valence-corrected chi connectivity index (χ1v) is 5.77. The van der Waals surface area contributed by atoms with Crippen LogP contribution in [0.5, 0.6) is 0 Å². The smallest absolute Gasteiger partial charge is 0.269 e. The summed E-state index contributed by atoms with van der Waals surface area (Å²) in [5.41, 5.74) is 1.44. The van der Waals surface area contributed by atoms with Gasteiger partial charge >= 0.3 is 0 Å². The zero-order valence-corrected chi connectivity index (χ0v) is 10.9. The largest absolute Gasteiger partial charge is 0.310 e. The van der Waals surface area contributed by atoms with Crippen LogP contribution >= 0.6 is 0 Å². The number of nitrogens with zero attached hydrogens (tertiary/aromatic N) is 1. The van der Waals surface area contributed by atoms with Crippen molar-refractivity contribution in [3.8, 4) is 0 Å². The van der Waals surface area contributed by atoms with E-state index < -0.39 is 0 Å². The molecule has 17 heavy (non-hydrogen) atoms. The molecule has 1 atom stereocenters. The van der Waals surface area contributed by atoms with Crippen molar-refractivity contribution in [3.05, 3.63) is 39.9 Å². The van der Waals surface area contributed by atoms with E-state index in [1.807, 2.05) is 0 Å². The number of benzene rings is 1. The third-order valence-corrected chi connectivity index (χ3v) is 2.54. The number of nitro benzene ring substituents is 1. The molecule has 0 radical (unpaired) electrons. The molecule has 0 bridgehead atoms. The Hall–Kier alpha value is -1.42. The van der Waals surface area contributed by atoms with Gasteiger partial charge in [-0.3, -0.25) is 10.1 Å². The summed E-state index contributed by atoms with van der Waals surface area (Å²) in [7, 11) is 0. The van der Waals surface area contributed by atoms with Crippen molar-refractivity contribution in [2.24, 2.45) is 5.41 Å². The third kappa shape index (κ3) is 4.53. The Morgan fingerprint density at radius 1 is 1.29 bits per heavy atom. The van der Waals surface area contributed by atoms with Gasteiger partial charge in [-0.25, -0.2) is 0 Å². The lowest BCUT2D eigenvalue weighted by atomic mass is 9.96. The van der Waals surface area contributed by atoms with Gasteiger partial charge in [-0.05, 0) is 17.9 Å². The van der Waals surface area contributed by atoms with Crippen LogP contribution in [0.3, 0.4) is 0 Å². The zero-order valence-electron chi connectivity index (χ0n) is 10.9. The summed E-state index contributed by atoms with van der Waals surface area (Å²) >= 11 is 0. The van der Waals surface area contributed by atoms with E-state index in [1.54, 1.807) is 24.3 Å². The highest BCUT2D eigenvalue weighted by molar-refractivity contribution is 5.34. The van der Waals surface area contributed by atoms with E-state index in [2.05, 4.69) is 33.0 Å². The maximum Gasteiger partial charge on any atom is 0.269 e. The van der Waals surface area contributed by atoms with Gasteiger partial charge in [0.1, 0.15) is 0 Å². The number of nitrogens with one attached hydrogen (secondary N) is 1. The van der Waals surface area contributed by atoms with Gasteiger partial charge in [0, 0.05) is 24.7 Å². The highest BCUT2D eigenvalue weighted by Gasteiger charge is 2.13. The molecule has 1 rings (SSSR count). The molecular formula is C13H20N2O2. The Balaban J connectivity index is 2.63. The van der Waals surface area contributed by atoms with Crippen molar-refractivity contribution < 1.29 is 4.92 Å². The summed E-state index contributed by atoms with van der Waals surface area (Å²) in [6, 6.07) is 6.90. The molecule has 4 heteroatoms. The van der Waals surface area contributed by atoms with Gasteiger partial charge < -0.3 is 5.32 Å². The fraction of sp³-hybridized carbons (Fsp3) is 0.538. The van der Waals surface area contributed by atoms with Gasteiger partial charge in [0.2, 0.25) is 0 Å². The molecule has 0 saturated carbocycles. The molecule has 0 unspecified atom stereocenters. The maximum absolute atomic E-state index is 10.5. The summed E-state index contributed by atoms with van der Waals surface area (Å²) in [5, 5.41) is 13.9. The van der Waals surface area contributed by atoms with Crippen molar-refractivity contribution in [3.63, 3.8) is 0 Å². The molecule has 0 amide bonds. The van der Waals surface area contributed by atoms with E-state index in [1.165, 1.54) is 0 Å². The minimum Gasteiger partial charge on any atom is -0.310 e. The second kappa shape index (κ2) is 5.27. The highest BCUT2D eigenvalue weighted by atomic mass is 16.6. The van der Waals surface area contributed by atoms with E-state index in [9.17, 15) is 10.1 Å². The topological polar surface area (TPSA) is 55.2 Å². The molecule has 0 aromatic heterocycles. The Morgan fingerprint density at radius 3 is 2.24 bits per heavy atom. The average Bonchev–Trinajstić information content (AvgIpc) is 2.25. The highest BCUT2D eigenvalue weighted by Crippen LogP contribution is 2.19. The van der Waals surface area contributed by atoms with Crippen LogP contribution in [0.2, 0.25) is 0 Å². The van der Waals surface area contributed by atoms with Crippen LogP contribution in [-0.2, 0) is 0 Å². The zero-order chi connectivity index (χ0) is 13.1. The van der Waals surface area contributed by atoms with E-state index in [0.29, 0.717) is 0 Å². The molecule has 1 aromatic carbocycles. The number of rotatable bonds is 4. The van der Waals surface area contributed by atoms with Crippen LogP contribution in [0.4, 0.5) is 5.69 Å².